The van der Waals surface area contributed by atoms with E-state index in [4.69, 9.17) is 0 Å². The number of nitrogens with one attached hydrogen (secondary N) is 1. The summed E-state index contributed by atoms with van der Waals surface area (Å²) in [6.45, 7) is 0.233. The molecule has 1 aromatic carbocycles. The number of allylic oxidation sites excluding steroid dienone is 2. The molecule has 0 spiro atoms. The molecule has 1 atom stereocenters. The maximum absolute atomic E-state index is 13.1. The average Bonchev–Trinajstić information content (AvgIpc) is 2.73. The lowest BCUT2D eigenvalue weighted by Crippen LogP contribution is -2.40. The van der Waals surface area contributed by atoms with Crippen molar-refractivity contribution in [2.24, 2.45) is 0 Å². The molecule has 134 valence electrons. The fourth-order valence-corrected chi connectivity index (χ4v) is 3.29. The van der Waals surface area contributed by atoms with Crippen molar-refractivity contribution in [3.63, 3.8) is 0 Å². The molecule has 0 saturated heterocycles. The smallest absolute Gasteiger partial charge is 0.256 e. The second-order valence-corrected chi connectivity index (χ2v) is 6.50. The molecule has 1 N–H and O–H groups in total. The number of carbonyl (C=O) groups excluding carboxylic acids is 1. The first kappa shape index (κ1) is 17.0. The number of rotatable bonds is 4. The predicted molar refractivity (Wildman–Crippen MR) is 105 cm³/mol. The van der Waals surface area contributed by atoms with Crippen molar-refractivity contribution in [1.82, 2.24) is 14.9 Å². The Bertz CT molecular complexity index is 1080. The topological polar surface area (TPSA) is 66.1 Å². The number of benzene rings is 1. The molecule has 1 amide bonds. The van der Waals surface area contributed by atoms with Gasteiger partial charge in [0.15, 0.2) is 0 Å². The Morgan fingerprint density at radius 1 is 1.19 bits per heavy atom. The zero-order valence-electron chi connectivity index (χ0n) is 14.7. The van der Waals surface area contributed by atoms with Crippen molar-refractivity contribution in [2.45, 2.75) is 19.0 Å². The second-order valence-electron chi connectivity index (χ2n) is 6.50. The van der Waals surface area contributed by atoms with Crippen molar-refractivity contribution in [1.29, 1.82) is 0 Å². The Kier molecular flexibility index (Phi) is 4.66. The normalized spacial score (nSPS) is 15.8. The van der Waals surface area contributed by atoms with Crippen molar-refractivity contribution in [2.75, 3.05) is 0 Å². The standard InChI is InChI=1S/C22H19N3O2/c26-21-18(13-16-7-4-5-11-20(16)24-21)15-25(19-9-2-1-3-10-19)22(27)17-8-6-12-23-14-17/h1-9,11-14,19H,10,15H2,(H,24,26). The summed E-state index contributed by atoms with van der Waals surface area (Å²) in [5.41, 5.74) is 1.69. The van der Waals surface area contributed by atoms with Gasteiger partial charge in [-0.1, -0.05) is 42.5 Å². The summed E-state index contributed by atoms with van der Waals surface area (Å²) in [6, 6.07) is 12.9. The molecule has 0 radical (unpaired) electrons. The molecule has 5 heteroatoms. The molecule has 0 saturated carbocycles. The summed E-state index contributed by atoms with van der Waals surface area (Å²) in [7, 11) is 0. The van der Waals surface area contributed by atoms with E-state index in [-0.39, 0.29) is 24.1 Å². The lowest BCUT2D eigenvalue weighted by atomic mass is 10.0. The summed E-state index contributed by atoms with van der Waals surface area (Å²) in [5.74, 6) is -0.138. The Morgan fingerprint density at radius 3 is 2.85 bits per heavy atom. The van der Waals surface area contributed by atoms with Gasteiger partial charge in [-0.25, -0.2) is 0 Å². The molecule has 0 aliphatic heterocycles. The number of H-pyrrole nitrogens is 1. The predicted octanol–water partition coefficient (Wildman–Crippen LogP) is 3.45. The van der Waals surface area contributed by atoms with E-state index in [1.807, 2.05) is 54.6 Å². The molecular weight excluding hydrogens is 338 g/mol. The van der Waals surface area contributed by atoms with Gasteiger partial charge >= 0.3 is 0 Å². The first-order chi connectivity index (χ1) is 13.2. The van der Waals surface area contributed by atoms with Gasteiger partial charge in [-0.05, 0) is 36.1 Å². The number of hydrogen-bond acceptors (Lipinski definition) is 3. The van der Waals surface area contributed by atoms with E-state index < -0.39 is 0 Å². The Hall–Kier alpha value is -3.47. The number of amides is 1. The SMILES string of the molecule is O=C(c1cccnc1)N(Cc1cc2ccccc2[nH]c1=O)C1C=CC=CC1. The van der Waals surface area contributed by atoms with Crippen molar-refractivity contribution in [3.8, 4) is 0 Å². The van der Waals surface area contributed by atoms with Gasteiger partial charge in [-0.2, -0.15) is 0 Å². The molecule has 1 unspecified atom stereocenters. The molecule has 3 aromatic rings. The van der Waals surface area contributed by atoms with Crippen molar-refractivity contribution >= 4 is 16.8 Å². The molecule has 5 nitrogen and oxygen atoms in total. The van der Waals surface area contributed by atoms with Gasteiger partial charge in [0.25, 0.3) is 11.5 Å². The van der Waals surface area contributed by atoms with Crippen LogP contribution in [0.4, 0.5) is 0 Å². The van der Waals surface area contributed by atoms with Crippen LogP contribution in [0, 0.1) is 0 Å². The third-order valence-corrected chi connectivity index (χ3v) is 4.70. The van der Waals surface area contributed by atoms with Crippen LogP contribution in [-0.2, 0) is 6.54 Å². The van der Waals surface area contributed by atoms with Gasteiger partial charge in [-0.3, -0.25) is 14.6 Å². The van der Waals surface area contributed by atoms with Crippen LogP contribution in [0.15, 0.2) is 84.0 Å². The molecule has 2 aromatic heterocycles. The minimum atomic E-state index is -0.173. The maximum Gasteiger partial charge on any atom is 0.256 e. The first-order valence-electron chi connectivity index (χ1n) is 8.87. The van der Waals surface area contributed by atoms with Crippen LogP contribution >= 0.6 is 0 Å². The Balaban J connectivity index is 1.72. The number of pyridine rings is 2. The van der Waals surface area contributed by atoms with Gasteiger partial charge in [0.2, 0.25) is 0 Å². The number of aromatic nitrogens is 2. The van der Waals surface area contributed by atoms with Gasteiger partial charge in [-0.15, -0.1) is 0 Å². The highest BCUT2D eigenvalue weighted by molar-refractivity contribution is 5.94. The van der Waals surface area contributed by atoms with Crippen LogP contribution in [-0.4, -0.2) is 26.8 Å². The van der Waals surface area contributed by atoms with E-state index in [0.717, 1.165) is 10.9 Å². The van der Waals surface area contributed by atoms with Crippen molar-refractivity contribution in [3.05, 3.63) is 101 Å². The first-order valence-corrected chi connectivity index (χ1v) is 8.87. The highest BCUT2D eigenvalue weighted by Gasteiger charge is 2.24. The fourth-order valence-electron chi connectivity index (χ4n) is 3.29. The number of carbonyl (C=O) groups is 1. The highest BCUT2D eigenvalue weighted by atomic mass is 16.2. The molecule has 27 heavy (non-hydrogen) atoms. The molecule has 0 bridgehead atoms. The van der Waals surface area contributed by atoms with Gasteiger partial charge in [0.05, 0.1) is 18.2 Å². The zero-order chi connectivity index (χ0) is 18.6. The maximum atomic E-state index is 13.1. The van der Waals surface area contributed by atoms with Gasteiger partial charge in [0, 0.05) is 23.5 Å². The van der Waals surface area contributed by atoms with Crippen LogP contribution < -0.4 is 5.56 Å². The van der Waals surface area contributed by atoms with E-state index >= 15 is 0 Å². The number of nitrogens with zero attached hydrogens (tertiary/aromatic N) is 2. The molecule has 0 fully saturated rings. The van der Waals surface area contributed by atoms with E-state index in [2.05, 4.69) is 9.97 Å². The lowest BCUT2D eigenvalue weighted by Gasteiger charge is -2.30. The van der Waals surface area contributed by atoms with E-state index in [1.54, 1.807) is 29.4 Å². The summed E-state index contributed by atoms with van der Waals surface area (Å²) in [6.07, 6.45) is 11.8. The van der Waals surface area contributed by atoms with E-state index in [1.165, 1.54) is 0 Å². The summed E-state index contributed by atoms with van der Waals surface area (Å²) in [5, 5.41) is 0.944. The molecule has 1 aliphatic rings. The minimum Gasteiger partial charge on any atom is -0.327 e. The third-order valence-electron chi connectivity index (χ3n) is 4.70. The molecule has 4 rings (SSSR count). The largest absolute Gasteiger partial charge is 0.327 e. The summed E-state index contributed by atoms with van der Waals surface area (Å²) >= 11 is 0. The molecule has 2 heterocycles. The highest BCUT2D eigenvalue weighted by Crippen LogP contribution is 2.19. The van der Waals surface area contributed by atoms with Crippen LogP contribution in [0.25, 0.3) is 10.9 Å². The number of aromatic amines is 1. The van der Waals surface area contributed by atoms with Crippen LogP contribution in [0.3, 0.4) is 0 Å². The summed E-state index contributed by atoms with van der Waals surface area (Å²) in [4.78, 5) is 34.4. The third kappa shape index (κ3) is 3.58. The summed E-state index contributed by atoms with van der Waals surface area (Å²) < 4.78 is 0. The van der Waals surface area contributed by atoms with Gasteiger partial charge < -0.3 is 9.88 Å². The second kappa shape index (κ2) is 7.41. The van der Waals surface area contributed by atoms with Crippen molar-refractivity contribution < 1.29 is 4.79 Å². The van der Waals surface area contributed by atoms with Crippen LogP contribution in [0.5, 0.6) is 0 Å². The quantitative estimate of drug-likeness (QED) is 0.778. The van der Waals surface area contributed by atoms with Crippen LogP contribution in [0.1, 0.15) is 22.3 Å². The monoisotopic (exact) mass is 357 g/mol. The van der Waals surface area contributed by atoms with E-state index in [9.17, 15) is 9.59 Å². The Morgan fingerprint density at radius 2 is 2.07 bits per heavy atom. The number of fused-ring (bicyclic) bond motifs is 1. The van der Waals surface area contributed by atoms with Gasteiger partial charge in [0.1, 0.15) is 0 Å². The average molecular weight is 357 g/mol. The number of para-hydroxylation sites is 1. The zero-order valence-corrected chi connectivity index (χ0v) is 14.7. The molecular formula is C22H19N3O2. The Labute approximate surface area is 156 Å². The molecule has 1 aliphatic carbocycles. The number of hydrogen-bond donors (Lipinski definition) is 1. The minimum absolute atomic E-state index is 0.103. The van der Waals surface area contributed by atoms with E-state index in [0.29, 0.717) is 17.5 Å². The fraction of sp³-hybridized carbons (Fsp3) is 0.136. The lowest BCUT2D eigenvalue weighted by molar-refractivity contribution is 0.0697. The van der Waals surface area contributed by atoms with Crippen LogP contribution in [0.2, 0.25) is 0 Å².